The molecule has 340 valence electrons. The number of nitrogens with zero attached hydrogens (tertiary/aromatic N) is 2. The third kappa shape index (κ3) is 12.4. The monoisotopic (exact) mass is 871 g/mol. The number of rotatable bonds is 12. The van der Waals surface area contributed by atoms with E-state index in [1.54, 1.807) is 23.9 Å². The topological polar surface area (TPSA) is 157 Å². The van der Waals surface area contributed by atoms with E-state index in [-0.39, 0.29) is 47.3 Å². The molecule has 0 aliphatic carbocycles. The van der Waals surface area contributed by atoms with Crippen LogP contribution in [0.3, 0.4) is 0 Å². The zero-order valence-corrected chi connectivity index (χ0v) is 38.6. The van der Waals surface area contributed by atoms with E-state index in [1.165, 1.54) is 0 Å². The lowest BCUT2D eigenvalue weighted by molar-refractivity contribution is -0.145. The predicted octanol–water partition coefficient (Wildman–Crippen LogP) is 5.78. The maximum absolute atomic E-state index is 13.6. The SMILES string of the molecule is CNC(=O)[C@H](Cc1ccccc1)NC(=O)[C@@H]1[C@@H](c2ccccc2)CCN1C(=O)C(C)(C)C.CNC(=O)[C@H](Cc1ccccc1)NC(=O)[C@@H]1[C@@H](c2ccccc2)CCN1C(=O)C(C)(C)C. The molecule has 0 spiro atoms. The summed E-state index contributed by atoms with van der Waals surface area (Å²) < 4.78 is 0. The molecule has 2 heterocycles. The smallest absolute Gasteiger partial charge is 0.244 e. The first-order valence-electron chi connectivity index (χ1n) is 22.3. The van der Waals surface area contributed by atoms with E-state index in [9.17, 15) is 28.8 Å². The van der Waals surface area contributed by atoms with Crippen LogP contribution >= 0.6 is 0 Å². The van der Waals surface area contributed by atoms with Crippen LogP contribution in [-0.4, -0.2) is 96.6 Å². The van der Waals surface area contributed by atoms with Crippen LogP contribution in [0.1, 0.15) is 88.5 Å². The van der Waals surface area contributed by atoms with Crippen molar-refractivity contribution in [1.82, 2.24) is 31.1 Å². The fourth-order valence-electron chi connectivity index (χ4n) is 8.63. The quantitative estimate of drug-likeness (QED) is 0.142. The average Bonchev–Trinajstić information content (AvgIpc) is 3.94. The van der Waals surface area contributed by atoms with Crippen LogP contribution < -0.4 is 21.3 Å². The minimum Gasteiger partial charge on any atom is -0.357 e. The van der Waals surface area contributed by atoms with E-state index >= 15 is 0 Å². The van der Waals surface area contributed by atoms with Crippen molar-refractivity contribution in [2.24, 2.45) is 10.8 Å². The van der Waals surface area contributed by atoms with Crippen LogP contribution in [0.25, 0.3) is 0 Å². The summed E-state index contributed by atoms with van der Waals surface area (Å²) >= 11 is 0. The number of carbonyl (C=O) groups is 6. The molecule has 6 amide bonds. The Balaban J connectivity index is 0.000000241. The molecule has 4 N–H and O–H groups in total. The lowest BCUT2D eigenvalue weighted by Crippen LogP contribution is -2.55. The second kappa shape index (κ2) is 21.9. The summed E-state index contributed by atoms with van der Waals surface area (Å²) in [6.07, 6.45) is 2.16. The highest BCUT2D eigenvalue weighted by Gasteiger charge is 2.47. The van der Waals surface area contributed by atoms with Crippen molar-refractivity contribution in [3.63, 3.8) is 0 Å². The van der Waals surface area contributed by atoms with Gasteiger partial charge >= 0.3 is 0 Å². The van der Waals surface area contributed by atoms with Gasteiger partial charge in [-0.2, -0.15) is 0 Å². The summed E-state index contributed by atoms with van der Waals surface area (Å²) in [5.74, 6) is -1.47. The predicted molar refractivity (Wildman–Crippen MR) is 250 cm³/mol. The van der Waals surface area contributed by atoms with Crippen molar-refractivity contribution in [1.29, 1.82) is 0 Å². The van der Waals surface area contributed by atoms with Crippen LogP contribution in [0, 0.1) is 10.8 Å². The van der Waals surface area contributed by atoms with Gasteiger partial charge in [-0.15, -0.1) is 0 Å². The number of likely N-dealkylation sites (tertiary alicyclic amines) is 2. The highest BCUT2D eigenvalue weighted by Crippen LogP contribution is 2.38. The Bertz CT molecular complexity index is 2030. The summed E-state index contributed by atoms with van der Waals surface area (Å²) in [4.78, 5) is 82.2. The van der Waals surface area contributed by atoms with E-state index in [0.717, 1.165) is 22.3 Å². The van der Waals surface area contributed by atoms with E-state index < -0.39 is 35.0 Å². The molecule has 0 aromatic heterocycles. The zero-order chi connectivity index (χ0) is 46.6. The zero-order valence-electron chi connectivity index (χ0n) is 38.6. The van der Waals surface area contributed by atoms with E-state index in [0.29, 0.717) is 38.8 Å². The molecule has 0 saturated carbocycles. The maximum Gasteiger partial charge on any atom is 0.244 e. The van der Waals surface area contributed by atoms with Crippen LogP contribution in [0.15, 0.2) is 121 Å². The second-order valence-corrected chi connectivity index (χ2v) is 18.7. The molecular formula is C52H66N6O6. The first kappa shape index (κ1) is 48.7. The Morgan fingerprint density at radius 1 is 0.500 bits per heavy atom. The largest absolute Gasteiger partial charge is 0.357 e. The number of amides is 6. The molecule has 0 bridgehead atoms. The number of benzene rings is 4. The van der Waals surface area contributed by atoms with Crippen LogP contribution in [0.5, 0.6) is 0 Å². The molecule has 12 nitrogen and oxygen atoms in total. The Kier molecular flexibility index (Phi) is 16.6. The molecule has 12 heteroatoms. The van der Waals surface area contributed by atoms with Gasteiger partial charge in [-0.1, -0.05) is 163 Å². The minimum atomic E-state index is -0.724. The molecular weight excluding hydrogens is 805 g/mol. The van der Waals surface area contributed by atoms with Crippen molar-refractivity contribution >= 4 is 35.4 Å². The molecule has 4 aromatic carbocycles. The van der Waals surface area contributed by atoms with Crippen molar-refractivity contribution in [3.05, 3.63) is 144 Å². The van der Waals surface area contributed by atoms with Gasteiger partial charge in [0.25, 0.3) is 0 Å². The molecule has 2 aliphatic heterocycles. The van der Waals surface area contributed by atoms with Gasteiger partial charge in [0.05, 0.1) is 0 Å². The molecule has 6 rings (SSSR count). The average molecular weight is 871 g/mol. The van der Waals surface area contributed by atoms with Crippen LogP contribution in [0.4, 0.5) is 0 Å². The normalized spacial score (nSPS) is 19.3. The van der Waals surface area contributed by atoms with Crippen molar-refractivity contribution in [2.75, 3.05) is 27.2 Å². The molecule has 64 heavy (non-hydrogen) atoms. The summed E-state index contributed by atoms with van der Waals surface area (Å²) in [5, 5.41) is 11.2. The second-order valence-electron chi connectivity index (χ2n) is 18.7. The van der Waals surface area contributed by atoms with Crippen LogP contribution in [0.2, 0.25) is 0 Å². The highest BCUT2D eigenvalue weighted by atomic mass is 16.2. The molecule has 2 fully saturated rings. The van der Waals surface area contributed by atoms with Crippen molar-refractivity contribution < 1.29 is 28.8 Å². The van der Waals surface area contributed by atoms with Crippen LogP contribution in [-0.2, 0) is 41.6 Å². The van der Waals surface area contributed by atoms with Crippen molar-refractivity contribution in [3.8, 4) is 0 Å². The third-order valence-electron chi connectivity index (χ3n) is 11.9. The first-order chi connectivity index (χ1) is 30.4. The molecule has 0 radical (unpaired) electrons. The fourth-order valence-corrected chi connectivity index (χ4v) is 8.63. The summed E-state index contributed by atoms with van der Waals surface area (Å²) in [6.45, 7) is 12.2. The fraction of sp³-hybridized carbons (Fsp3) is 0.423. The Labute approximate surface area is 379 Å². The van der Waals surface area contributed by atoms with Gasteiger partial charge < -0.3 is 31.1 Å². The lowest BCUT2D eigenvalue weighted by atomic mass is 9.89. The minimum absolute atomic E-state index is 0.0596. The molecule has 4 aromatic rings. The van der Waals surface area contributed by atoms with Gasteiger partial charge in [-0.25, -0.2) is 0 Å². The van der Waals surface area contributed by atoms with E-state index in [2.05, 4.69) is 21.3 Å². The molecule has 6 atom stereocenters. The molecule has 2 aliphatic rings. The standard InChI is InChI=1S/2C26H33N3O3/c2*1-26(2,3)25(32)29-16-15-20(19-13-9-6-10-14-19)22(29)24(31)28-21(23(30)27-4)17-18-11-7-5-8-12-18/h2*5-14,20-22H,15-17H2,1-4H3,(H,27,30)(H,28,31)/t2*20-,21+,22+/m11/s1. The summed E-state index contributed by atoms with van der Waals surface area (Å²) in [6, 6.07) is 36.1. The van der Waals surface area contributed by atoms with Gasteiger partial charge in [-0.05, 0) is 35.1 Å². The maximum atomic E-state index is 13.6. The van der Waals surface area contributed by atoms with Gasteiger partial charge in [0.1, 0.15) is 24.2 Å². The summed E-state index contributed by atoms with van der Waals surface area (Å²) in [7, 11) is 3.12. The first-order valence-corrected chi connectivity index (χ1v) is 22.3. The Morgan fingerprint density at radius 3 is 1.08 bits per heavy atom. The number of likely N-dealkylation sites (N-methyl/N-ethyl adjacent to an activating group) is 2. The van der Waals surface area contributed by atoms with Gasteiger partial charge in [0.15, 0.2) is 0 Å². The highest BCUT2D eigenvalue weighted by molar-refractivity contribution is 5.95. The molecule has 0 unspecified atom stereocenters. The van der Waals surface area contributed by atoms with Gasteiger partial charge in [0.2, 0.25) is 35.4 Å². The third-order valence-corrected chi connectivity index (χ3v) is 11.9. The molecule has 2 saturated heterocycles. The van der Waals surface area contributed by atoms with E-state index in [1.807, 2.05) is 163 Å². The van der Waals surface area contributed by atoms with Crippen molar-refractivity contribution in [2.45, 2.75) is 103 Å². The number of nitrogens with one attached hydrogen (secondary N) is 4. The number of hydrogen-bond acceptors (Lipinski definition) is 6. The van der Waals surface area contributed by atoms with Gasteiger partial charge in [-0.3, -0.25) is 28.8 Å². The lowest BCUT2D eigenvalue weighted by Gasteiger charge is -2.33. The van der Waals surface area contributed by atoms with E-state index in [4.69, 9.17) is 0 Å². The summed E-state index contributed by atoms with van der Waals surface area (Å²) in [5.41, 5.74) is 2.75. The number of hydrogen-bond donors (Lipinski definition) is 4. The van der Waals surface area contributed by atoms with Gasteiger partial charge in [0, 0.05) is 62.7 Å². The Hall–Kier alpha value is -6.30. The number of carbonyl (C=O) groups excluding carboxylic acids is 6. The Morgan fingerprint density at radius 2 is 0.797 bits per heavy atom.